The molecule has 0 atom stereocenters. The number of aromatic nitrogens is 4. The Bertz CT molecular complexity index is 575. The van der Waals surface area contributed by atoms with E-state index in [0.29, 0.717) is 0 Å². The van der Waals surface area contributed by atoms with E-state index in [9.17, 15) is 0 Å². The van der Waals surface area contributed by atoms with Crippen molar-refractivity contribution >= 4 is 21.9 Å². The zero-order valence-corrected chi connectivity index (χ0v) is 7.15. The van der Waals surface area contributed by atoms with Crippen LogP contribution in [0.3, 0.4) is 0 Å². The number of benzene rings is 1. The predicted octanol–water partition coefficient (Wildman–Crippen LogP) is 1.45. The predicted molar refractivity (Wildman–Crippen MR) is 50.4 cm³/mol. The van der Waals surface area contributed by atoms with Crippen LogP contribution in [0.4, 0.5) is 0 Å². The van der Waals surface area contributed by atoms with E-state index in [4.69, 9.17) is 0 Å². The molecule has 1 aromatic carbocycles. The summed E-state index contributed by atoms with van der Waals surface area (Å²) in [6.07, 6.45) is 3.69. The molecular formula is C9H8N4. The fraction of sp³-hybridized carbons (Fsp3) is 0.111. The van der Waals surface area contributed by atoms with Gasteiger partial charge < -0.3 is 4.98 Å². The number of nitrogens with one attached hydrogen (secondary N) is 1. The number of fused-ring (bicyclic) bond motifs is 3. The molecule has 1 N–H and O–H groups in total. The van der Waals surface area contributed by atoms with Crippen LogP contribution >= 0.6 is 0 Å². The van der Waals surface area contributed by atoms with Crippen LogP contribution in [0.5, 0.6) is 0 Å². The average Bonchev–Trinajstić information content (AvgIpc) is 2.65. The Balaban J connectivity index is 2.64. The van der Waals surface area contributed by atoms with Gasteiger partial charge in [-0.25, -0.2) is 4.98 Å². The third-order valence-electron chi connectivity index (χ3n) is 2.19. The quantitative estimate of drug-likeness (QED) is 0.557. The fourth-order valence-corrected chi connectivity index (χ4v) is 1.62. The molecule has 2 aromatic heterocycles. The summed E-state index contributed by atoms with van der Waals surface area (Å²) in [4.78, 5) is 7.32. The lowest BCUT2D eigenvalue weighted by molar-refractivity contribution is 0.780. The minimum atomic E-state index is 0.988. The zero-order chi connectivity index (χ0) is 8.84. The van der Waals surface area contributed by atoms with Gasteiger partial charge in [0.05, 0.1) is 22.9 Å². The molecule has 64 valence electrons. The highest BCUT2D eigenvalue weighted by atomic mass is 15.2. The Labute approximate surface area is 74.2 Å². The number of hydrogen-bond acceptors (Lipinski definition) is 2. The molecule has 2 heterocycles. The van der Waals surface area contributed by atoms with Crippen LogP contribution in [0.2, 0.25) is 0 Å². The molecule has 0 unspecified atom stereocenters. The molecule has 13 heavy (non-hydrogen) atoms. The lowest BCUT2D eigenvalue weighted by Crippen LogP contribution is -1.84. The highest BCUT2D eigenvalue weighted by Crippen LogP contribution is 2.20. The number of hydrogen-bond donors (Lipinski definition) is 1. The zero-order valence-electron chi connectivity index (χ0n) is 7.15. The molecule has 3 rings (SSSR count). The van der Waals surface area contributed by atoms with Gasteiger partial charge in [-0.05, 0) is 12.1 Å². The van der Waals surface area contributed by atoms with Gasteiger partial charge >= 0.3 is 0 Å². The molecule has 0 fully saturated rings. The first kappa shape index (κ1) is 6.65. The molecule has 4 nitrogen and oxygen atoms in total. The molecule has 0 radical (unpaired) electrons. The Morgan fingerprint density at radius 2 is 2.31 bits per heavy atom. The molecule has 0 aliphatic carbocycles. The average molecular weight is 172 g/mol. The van der Waals surface area contributed by atoms with Crippen LogP contribution in [0.15, 0.2) is 24.7 Å². The molecule has 0 amide bonds. The van der Waals surface area contributed by atoms with Crippen molar-refractivity contribution in [3.8, 4) is 0 Å². The molecular weight excluding hydrogens is 164 g/mol. The Morgan fingerprint density at radius 1 is 1.38 bits per heavy atom. The van der Waals surface area contributed by atoms with Gasteiger partial charge in [0.1, 0.15) is 0 Å². The van der Waals surface area contributed by atoms with E-state index in [-0.39, 0.29) is 0 Å². The molecule has 0 saturated heterocycles. The topological polar surface area (TPSA) is 46.5 Å². The number of aryl methyl sites for hydroxylation is 1. The van der Waals surface area contributed by atoms with E-state index >= 15 is 0 Å². The fourth-order valence-electron chi connectivity index (χ4n) is 1.62. The Morgan fingerprint density at radius 3 is 3.23 bits per heavy atom. The number of rotatable bonds is 0. The number of H-pyrrole nitrogens is 1. The van der Waals surface area contributed by atoms with Crippen molar-refractivity contribution in [2.75, 3.05) is 0 Å². The van der Waals surface area contributed by atoms with Crippen LogP contribution in [0.25, 0.3) is 21.9 Å². The summed E-state index contributed by atoms with van der Waals surface area (Å²) in [5, 5.41) is 5.40. The SMILES string of the molecule is Cn1cc2c(ccc3[nH]cnc32)n1. The van der Waals surface area contributed by atoms with E-state index in [1.807, 2.05) is 25.4 Å². The van der Waals surface area contributed by atoms with Gasteiger partial charge in [-0.3, -0.25) is 4.68 Å². The maximum Gasteiger partial charge on any atom is 0.0992 e. The standard InChI is InChI=1S/C9H8N4/c1-13-4-6-7(12-13)2-3-8-9(6)11-5-10-8/h2-5H,1H3,(H,10,11). The van der Waals surface area contributed by atoms with Crippen molar-refractivity contribution in [1.82, 2.24) is 19.7 Å². The van der Waals surface area contributed by atoms with Crippen molar-refractivity contribution in [2.24, 2.45) is 7.05 Å². The molecule has 0 saturated carbocycles. The first-order valence-electron chi connectivity index (χ1n) is 4.10. The summed E-state index contributed by atoms with van der Waals surface area (Å²) in [5.74, 6) is 0. The molecule has 0 aliphatic heterocycles. The van der Waals surface area contributed by atoms with Gasteiger partial charge in [-0.15, -0.1) is 0 Å². The highest BCUT2D eigenvalue weighted by molar-refractivity contribution is 6.02. The summed E-state index contributed by atoms with van der Waals surface area (Å²) in [5.41, 5.74) is 3.04. The summed E-state index contributed by atoms with van der Waals surface area (Å²) in [6, 6.07) is 3.99. The van der Waals surface area contributed by atoms with Gasteiger partial charge in [-0.1, -0.05) is 0 Å². The maximum atomic E-state index is 4.31. The third kappa shape index (κ3) is 0.796. The lowest BCUT2D eigenvalue weighted by Gasteiger charge is -1.87. The minimum absolute atomic E-state index is 0.988. The summed E-state index contributed by atoms with van der Waals surface area (Å²) >= 11 is 0. The van der Waals surface area contributed by atoms with Gasteiger partial charge in [-0.2, -0.15) is 5.10 Å². The Kier molecular flexibility index (Phi) is 1.07. The second-order valence-electron chi connectivity index (χ2n) is 3.10. The van der Waals surface area contributed by atoms with Gasteiger partial charge in [0.2, 0.25) is 0 Å². The van der Waals surface area contributed by atoms with E-state index in [2.05, 4.69) is 15.1 Å². The van der Waals surface area contributed by atoms with Crippen LogP contribution in [0.1, 0.15) is 0 Å². The first-order valence-corrected chi connectivity index (χ1v) is 4.10. The van der Waals surface area contributed by atoms with Crippen molar-refractivity contribution < 1.29 is 0 Å². The van der Waals surface area contributed by atoms with Crippen LogP contribution in [-0.2, 0) is 7.05 Å². The molecule has 3 aromatic rings. The van der Waals surface area contributed by atoms with Crippen LogP contribution in [0, 0.1) is 0 Å². The summed E-state index contributed by atoms with van der Waals surface area (Å²) in [6.45, 7) is 0. The highest BCUT2D eigenvalue weighted by Gasteiger charge is 2.04. The van der Waals surface area contributed by atoms with Crippen molar-refractivity contribution in [3.63, 3.8) is 0 Å². The van der Waals surface area contributed by atoms with Gasteiger partial charge in [0, 0.05) is 18.6 Å². The maximum absolute atomic E-state index is 4.31. The van der Waals surface area contributed by atoms with Crippen molar-refractivity contribution in [3.05, 3.63) is 24.7 Å². The number of aromatic amines is 1. The van der Waals surface area contributed by atoms with Crippen LogP contribution < -0.4 is 0 Å². The first-order chi connectivity index (χ1) is 6.34. The van der Waals surface area contributed by atoms with E-state index in [0.717, 1.165) is 21.9 Å². The molecule has 4 heteroatoms. The van der Waals surface area contributed by atoms with Crippen LogP contribution in [-0.4, -0.2) is 19.7 Å². The molecule has 0 bridgehead atoms. The lowest BCUT2D eigenvalue weighted by atomic mass is 10.2. The third-order valence-corrected chi connectivity index (χ3v) is 2.19. The van der Waals surface area contributed by atoms with Gasteiger partial charge in [0.25, 0.3) is 0 Å². The summed E-state index contributed by atoms with van der Waals surface area (Å²) < 4.78 is 1.80. The second-order valence-corrected chi connectivity index (χ2v) is 3.10. The Hall–Kier alpha value is -1.84. The van der Waals surface area contributed by atoms with E-state index in [1.165, 1.54) is 0 Å². The van der Waals surface area contributed by atoms with E-state index < -0.39 is 0 Å². The van der Waals surface area contributed by atoms with Crippen molar-refractivity contribution in [2.45, 2.75) is 0 Å². The normalized spacial score (nSPS) is 11.5. The largest absolute Gasteiger partial charge is 0.345 e. The van der Waals surface area contributed by atoms with Gasteiger partial charge in [0.15, 0.2) is 0 Å². The minimum Gasteiger partial charge on any atom is -0.345 e. The number of imidazole rings is 1. The number of nitrogens with zero attached hydrogens (tertiary/aromatic N) is 3. The monoisotopic (exact) mass is 172 g/mol. The van der Waals surface area contributed by atoms with Crippen molar-refractivity contribution in [1.29, 1.82) is 0 Å². The second kappa shape index (κ2) is 2.10. The smallest absolute Gasteiger partial charge is 0.0992 e. The van der Waals surface area contributed by atoms with E-state index in [1.54, 1.807) is 11.0 Å². The summed E-state index contributed by atoms with van der Waals surface area (Å²) in [7, 11) is 1.92. The molecule has 0 aliphatic rings. The molecule has 0 spiro atoms.